The first-order chi connectivity index (χ1) is 14.2. The van der Waals surface area contributed by atoms with Gasteiger partial charge in [-0.3, -0.25) is 9.59 Å². The summed E-state index contributed by atoms with van der Waals surface area (Å²) in [5.41, 5.74) is 0.931. The van der Waals surface area contributed by atoms with Crippen LogP contribution in [0.3, 0.4) is 0 Å². The molecule has 1 saturated heterocycles. The van der Waals surface area contributed by atoms with Crippen LogP contribution < -0.4 is 4.90 Å². The average Bonchev–Trinajstić information content (AvgIpc) is 3.37. The van der Waals surface area contributed by atoms with Crippen LogP contribution in [0.1, 0.15) is 43.3 Å². The molecule has 0 atom stereocenters. The number of fused-ring (bicyclic) bond motifs is 2. The van der Waals surface area contributed by atoms with Gasteiger partial charge in [0, 0.05) is 49.8 Å². The molecule has 152 valence electrons. The van der Waals surface area contributed by atoms with Gasteiger partial charge in [-0.15, -0.1) is 22.0 Å². The van der Waals surface area contributed by atoms with Crippen molar-refractivity contribution in [3.8, 4) is 0 Å². The average molecular weight is 412 g/mol. The molecule has 2 aromatic rings. The molecule has 0 bridgehead atoms. The highest BCUT2D eigenvalue weighted by molar-refractivity contribution is 8.00. The van der Waals surface area contributed by atoms with E-state index in [9.17, 15) is 9.59 Å². The van der Waals surface area contributed by atoms with E-state index in [0.29, 0.717) is 24.6 Å². The summed E-state index contributed by atoms with van der Waals surface area (Å²) in [4.78, 5) is 30.0. The van der Waals surface area contributed by atoms with Crippen LogP contribution in [0.5, 0.6) is 0 Å². The summed E-state index contributed by atoms with van der Waals surface area (Å²) in [5.74, 6) is 3.28. The molecule has 4 heterocycles. The number of carbonyl (C=O) groups excluding carboxylic acids is 2. The number of carbonyl (C=O) groups is 2. The summed E-state index contributed by atoms with van der Waals surface area (Å²) >= 11 is 1.57. The molecule has 0 unspecified atom stereocenters. The van der Waals surface area contributed by atoms with E-state index in [1.807, 2.05) is 29.2 Å². The zero-order valence-corrected chi connectivity index (χ0v) is 17.2. The number of anilines is 1. The summed E-state index contributed by atoms with van der Waals surface area (Å²) < 4.78 is 2.28. The van der Waals surface area contributed by atoms with Gasteiger partial charge in [0.1, 0.15) is 11.6 Å². The van der Waals surface area contributed by atoms with E-state index < -0.39 is 0 Å². The van der Waals surface area contributed by atoms with Crippen LogP contribution in [0.2, 0.25) is 0 Å². The van der Waals surface area contributed by atoms with Crippen molar-refractivity contribution in [2.24, 2.45) is 0 Å². The lowest BCUT2D eigenvalue weighted by Gasteiger charge is -2.33. The van der Waals surface area contributed by atoms with Crippen LogP contribution in [-0.2, 0) is 22.6 Å². The highest BCUT2D eigenvalue weighted by atomic mass is 32.2. The second kappa shape index (κ2) is 7.82. The lowest BCUT2D eigenvalue weighted by Crippen LogP contribution is -2.42. The third kappa shape index (κ3) is 3.54. The monoisotopic (exact) mass is 411 g/mol. The molecular formula is C21H25N5O2S. The largest absolute Gasteiger partial charge is 0.343 e. The van der Waals surface area contributed by atoms with E-state index in [1.165, 1.54) is 0 Å². The van der Waals surface area contributed by atoms with E-state index in [4.69, 9.17) is 0 Å². The molecule has 0 aliphatic carbocycles. The molecule has 3 aliphatic rings. The number of rotatable bonds is 4. The minimum atomic E-state index is 0.0841. The van der Waals surface area contributed by atoms with Crippen LogP contribution in [0.15, 0.2) is 29.2 Å². The normalized spacial score (nSPS) is 19.4. The van der Waals surface area contributed by atoms with Crippen LogP contribution in [0.4, 0.5) is 5.69 Å². The minimum absolute atomic E-state index is 0.0841. The van der Waals surface area contributed by atoms with Gasteiger partial charge in [-0.1, -0.05) is 12.1 Å². The first-order valence-corrected chi connectivity index (χ1v) is 11.4. The molecule has 8 heteroatoms. The molecule has 0 saturated carbocycles. The zero-order chi connectivity index (χ0) is 19.8. The second-order valence-corrected chi connectivity index (χ2v) is 8.95. The fourth-order valence-electron chi connectivity index (χ4n) is 4.63. The maximum Gasteiger partial charge on any atom is 0.237 e. The number of aryl methyl sites for hydroxylation is 1. The number of thioether (sulfide) groups is 1. The topological polar surface area (TPSA) is 71.3 Å². The van der Waals surface area contributed by atoms with Crippen molar-refractivity contribution in [1.82, 2.24) is 19.7 Å². The summed E-state index contributed by atoms with van der Waals surface area (Å²) in [6.07, 6.45) is 4.43. The number of aromatic nitrogens is 3. The molecule has 1 aromatic carbocycles. The van der Waals surface area contributed by atoms with Crippen LogP contribution in [0.25, 0.3) is 0 Å². The highest BCUT2D eigenvalue weighted by Crippen LogP contribution is 2.35. The number of benzene rings is 1. The number of hydrogen-bond donors (Lipinski definition) is 0. The molecule has 0 N–H and O–H groups in total. The summed E-state index contributed by atoms with van der Waals surface area (Å²) in [7, 11) is 0. The van der Waals surface area contributed by atoms with Crippen molar-refractivity contribution in [3.63, 3.8) is 0 Å². The van der Waals surface area contributed by atoms with Gasteiger partial charge < -0.3 is 14.4 Å². The van der Waals surface area contributed by atoms with Gasteiger partial charge in [-0.2, -0.15) is 0 Å². The Morgan fingerprint density at radius 3 is 2.83 bits per heavy atom. The maximum atomic E-state index is 12.8. The fraction of sp³-hybridized carbons (Fsp3) is 0.524. The number of likely N-dealkylation sites (tertiary alicyclic amines) is 1. The number of piperidine rings is 1. The standard InChI is InChI=1S/C21H25N5O2S/c27-19(9-13-25-16-4-1-2-5-17(16)29-14-20(25)28)24-11-7-15(8-12-24)21-23-22-18-6-3-10-26(18)21/h1-2,4-5,15H,3,6-14H2. The van der Waals surface area contributed by atoms with Crippen LogP contribution >= 0.6 is 11.8 Å². The van der Waals surface area contributed by atoms with Gasteiger partial charge >= 0.3 is 0 Å². The SMILES string of the molecule is O=C(CCN1C(=O)CSc2ccccc21)N1CCC(c2nnc3n2CCC3)CC1. The Bertz CT molecular complexity index is 935. The number of amides is 2. The molecule has 2 amide bonds. The Kier molecular flexibility index (Phi) is 5.03. The maximum absolute atomic E-state index is 12.8. The molecule has 0 radical (unpaired) electrons. The Labute approximate surface area is 174 Å². The van der Waals surface area contributed by atoms with E-state index in [-0.39, 0.29) is 11.8 Å². The third-order valence-corrected chi connectivity index (χ3v) is 7.26. The predicted octanol–water partition coefficient (Wildman–Crippen LogP) is 2.46. The molecule has 3 aliphatic heterocycles. The van der Waals surface area contributed by atoms with Crippen molar-refractivity contribution in [2.45, 2.75) is 49.5 Å². The highest BCUT2D eigenvalue weighted by Gasteiger charge is 2.30. The van der Waals surface area contributed by atoms with Gasteiger partial charge in [-0.25, -0.2) is 0 Å². The number of nitrogens with zero attached hydrogens (tertiary/aromatic N) is 5. The van der Waals surface area contributed by atoms with E-state index in [2.05, 4.69) is 14.8 Å². The molecule has 29 heavy (non-hydrogen) atoms. The Morgan fingerprint density at radius 2 is 1.97 bits per heavy atom. The Hall–Kier alpha value is -2.35. The van der Waals surface area contributed by atoms with E-state index >= 15 is 0 Å². The smallest absolute Gasteiger partial charge is 0.237 e. The molecular weight excluding hydrogens is 386 g/mol. The Balaban J connectivity index is 1.17. The molecule has 0 spiro atoms. The van der Waals surface area contributed by atoms with Crippen LogP contribution in [-0.4, -0.2) is 56.9 Å². The first-order valence-electron chi connectivity index (χ1n) is 10.4. The first kappa shape index (κ1) is 18.7. The van der Waals surface area contributed by atoms with Crippen molar-refractivity contribution in [1.29, 1.82) is 0 Å². The molecule has 7 nitrogen and oxygen atoms in total. The van der Waals surface area contributed by atoms with Gasteiger partial charge in [0.25, 0.3) is 0 Å². The van der Waals surface area contributed by atoms with Crippen LogP contribution in [0, 0.1) is 0 Å². The van der Waals surface area contributed by atoms with Crippen molar-refractivity contribution >= 4 is 29.3 Å². The molecule has 5 rings (SSSR count). The Morgan fingerprint density at radius 1 is 1.14 bits per heavy atom. The molecule has 1 fully saturated rings. The number of hydrogen-bond acceptors (Lipinski definition) is 5. The molecule has 1 aromatic heterocycles. The van der Waals surface area contributed by atoms with Gasteiger partial charge in [0.15, 0.2) is 0 Å². The van der Waals surface area contributed by atoms with Crippen molar-refractivity contribution in [2.75, 3.05) is 30.3 Å². The zero-order valence-electron chi connectivity index (χ0n) is 16.4. The lowest BCUT2D eigenvalue weighted by molar-refractivity contribution is -0.132. The quantitative estimate of drug-likeness (QED) is 0.773. The van der Waals surface area contributed by atoms with E-state index in [1.54, 1.807) is 16.7 Å². The van der Waals surface area contributed by atoms with Crippen molar-refractivity contribution in [3.05, 3.63) is 35.9 Å². The van der Waals surface area contributed by atoms with Crippen molar-refractivity contribution < 1.29 is 9.59 Å². The third-order valence-electron chi connectivity index (χ3n) is 6.21. The summed E-state index contributed by atoms with van der Waals surface area (Å²) in [5, 5.41) is 8.75. The summed E-state index contributed by atoms with van der Waals surface area (Å²) in [6, 6.07) is 7.93. The van der Waals surface area contributed by atoms with Gasteiger partial charge in [-0.05, 0) is 31.4 Å². The lowest BCUT2D eigenvalue weighted by atomic mass is 9.95. The number of para-hydroxylation sites is 1. The van der Waals surface area contributed by atoms with Gasteiger partial charge in [0.05, 0.1) is 11.4 Å². The summed E-state index contributed by atoms with van der Waals surface area (Å²) in [6.45, 7) is 2.99. The second-order valence-electron chi connectivity index (χ2n) is 7.94. The van der Waals surface area contributed by atoms with E-state index in [0.717, 1.165) is 67.5 Å². The fourth-order valence-corrected chi connectivity index (χ4v) is 5.56. The predicted molar refractivity (Wildman–Crippen MR) is 111 cm³/mol. The van der Waals surface area contributed by atoms with Gasteiger partial charge in [0.2, 0.25) is 11.8 Å². The minimum Gasteiger partial charge on any atom is -0.343 e.